The molecule has 4 nitrogen and oxygen atoms in total. The highest BCUT2D eigenvalue weighted by atomic mass is 32.2. The van der Waals surface area contributed by atoms with Crippen molar-refractivity contribution in [2.75, 3.05) is 5.75 Å². The van der Waals surface area contributed by atoms with Crippen molar-refractivity contribution in [1.29, 1.82) is 0 Å². The average Bonchev–Trinajstić information content (AvgIpc) is 3.28. The van der Waals surface area contributed by atoms with Gasteiger partial charge in [0.2, 0.25) is 5.91 Å². The van der Waals surface area contributed by atoms with Crippen molar-refractivity contribution in [2.45, 2.75) is 38.0 Å². The van der Waals surface area contributed by atoms with Crippen molar-refractivity contribution < 1.29 is 4.79 Å². The Bertz CT molecular complexity index is 932. The molecule has 5 heteroatoms. The Morgan fingerprint density at radius 3 is 2.70 bits per heavy atom. The van der Waals surface area contributed by atoms with Gasteiger partial charge in [-0.05, 0) is 18.9 Å². The predicted octanol–water partition coefficient (Wildman–Crippen LogP) is 4.21. The number of nitrogens with one attached hydrogen (secondary N) is 1. The van der Waals surface area contributed by atoms with E-state index in [0.29, 0.717) is 13.0 Å². The Kier molecular flexibility index (Phi) is 5.30. The zero-order valence-corrected chi connectivity index (χ0v) is 16.3. The molecule has 1 N–H and O–H groups in total. The van der Waals surface area contributed by atoms with Crippen LogP contribution in [0.4, 0.5) is 0 Å². The van der Waals surface area contributed by atoms with E-state index in [1.165, 1.54) is 11.1 Å². The van der Waals surface area contributed by atoms with Crippen molar-refractivity contribution in [3.05, 3.63) is 71.4 Å². The normalized spacial score (nSPS) is 12.8. The first-order valence-electron chi connectivity index (χ1n) is 9.30. The van der Waals surface area contributed by atoms with Crippen LogP contribution in [-0.4, -0.2) is 21.2 Å². The lowest BCUT2D eigenvalue weighted by Gasteiger charge is -2.10. The predicted molar refractivity (Wildman–Crippen MR) is 110 cm³/mol. The van der Waals surface area contributed by atoms with Crippen molar-refractivity contribution in [1.82, 2.24) is 14.9 Å². The summed E-state index contributed by atoms with van der Waals surface area (Å²) in [5.74, 6) is 1.13. The van der Waals surface area contributed by atoms with E-state index in [4.69, 9.17) is 4.98 Å². The Hall–Kier alpha value is -2.53. The van der Waals surface area contributed by atoms with Gasteiger partial charge in [-0.1, -0.05) is 71.9 Å². The molecule has 1 amide bonds. The molecule has 1 aliphatic rings. The fourth-order valence-corrected chi connectivity index (χ4v) is 4.30. The molecule has 0 saturated carbocycles. The number of fused-ring (bicyclic) bond motifs is 1. The first kappa shape index (κ1) is 17.9. The topological polar surface area (TPSA) is 46.9 Å². The highest BCUT2D eigenvalue weighted by Gasteiger charge is 2.22. The van der Waals surface area contributed by atoms with Crippen LogP contribution in [0.1, 0.15) is 23.2 Å². The van der Waals surface area contributed by atoms with Crippen LogP contribution >= 0.6 is 11.8 Å². The number of benzene rings is 2. The molecule has 0 unspecified atom stereocenters. The van der Waals surface area contributed by atoms with E-state index in [1.54, 1.807) is 11.8 Å². The lowest BCUT2D eigenvalue weighted by Crippen LogP contribution is -2.24. The number of hydrogen-bond acceptors (Lipinski definition) is 3. The zero-order valence-electron chi connectivity index (χ0n) is 15.4. The van der Waals surface area contributed by atoms with Gasteiger partial charge < -0.3 is 9.88 Å². The number of aromatic nitrogens is 2. The number of nitrogens with zero attached hydrogens (tertiary/aromatic N) is 2. The summed E-state index contributed by atoms with van der Waals surface area (Å²) in [5.41, 5.74) is 5.62. The van der Waals surface area contributed by atoms with E-state index < -0.39 is 0 Å². The second-order valence-electron chi connectivity index (χ2n) is 6.82. The number of carbonyl (C=O) groups is 1. The van der Waals surface area contributed by atoms with Gasteiger partial charge in [-0.25, -0.2) is 4.98 Å². The molecule has 1 aliphatic heterocycles. The molecule has 27 heavy (non-hydrogen) atoms. The van der Waals surface area contributed by atoms with E-state index in [1.807, 2.05) is 18.2 Å². The maximum absolute atomic E-state index is 12.4. The van der Waals surface area contributed by atoms with Gasteiger partial charge in [0.15, 0.2) is 5.16 Å². The van der Waals surface area contributed by atoms with Crippen LogP contribution in [0.15, 0.2) is 59.8 Å². The number of thioether (sulfide) groups is 1. The third-order valence-electron chi connectivity index (χ3n) is 4.85. The molecule has 0 spiro atoms. The van der Waals surface area contributed by atoms with Crippen LogP contribution in [-0.2, 0) is 24.3 Å². The fourth-order valence-electron chi connectivity index (χ4n) is 3.33. The molecule has 0 atom stereocenters. The standard InChI is InChI=1S/C22H23N3OS/c1-16-7-10-18(11-8-16)21-19(25-13-14-27-22(25)24-21)15-23-20(26)12-9-17-5-3-2-4-6-17/h2-8,10-11H,9,12-15H2,1H3,(H,23,26). The third kappa shape index (κ3) is 4.08. The largest absolute Gasteiger partial charge is 0.350 e. The van der Waals surface area contributed by atoms with E-state index in [9.17, 15) is 4.79 Å². The number of aryl methyl sites for hydroxylation is 2. The highest BCUT2D eigenvalue weighted by molar-refractivity contribution is 7.99. The molecule has 0 fully saturated rings. The van der Waals surface area contributed by atoms with E-state index in [-0.39, 0.29) is 5.91 Å². The Labute approximate surface area is 164 Å². The van der Waals surface area contributed by atoms with Crippen LogP contribution in [0, 0.1) is 6.92 Å². The van der Waals surface area contributed by atoms with Gasteiger partial charge >= 0.3 is 0 Å². The fraction of sp³-hybridized carbons (Fsp3) is 0.273. The molecule has 4 rings (SSSR count). The Morgan fingerprint density at radius 2 is 1.93 bits per heavy atom. The molecule has 2 heterocycles. The smallest absolute Gasteiger partial charge is 0.220 e. The Morgan fingerprint density at radius 1 is 1.15 bits per heavy atom. The third-order valence-corrected chi connectivity index (χ3v) is 5.80. The molecule has 0 saturated heterocycles. The lowest BCUT2D eigenvalue weighted by molar-refractivity contribution is -0.121. The monoisotopic (exact) mass is 377 g/mol. The number of imidazole rings is 1. The summed E-state index contributed by atoms with van der Waals surface area (Å²) < 4.78 is 2.25. The first-order chi connectivity index (χ1) is 13.2. The van der Waals surface area contributed by atoms with E-state index in [2.05, 4.69) is 53.2 Å². The van der Waals surface area contributed by atoms with Gasteiger partial charge in [-0.15, -0.1) is 0 Å². The maximum Gasteiger partial charge on any atom is 0.220 e. The quantitative estimate of drug-likeness (QED) is 0.700. The maximum atomic E-state index is 12.4. The van der Waals surface area contributed by atoms with Crippen molar-refractivity contribution in [2.24, 2.45) is 0 Å². The van der Waals surface area contributed by atoms with Gasteiger partial charge in [0.1, 0.15) is 0 Å². The van der Waals surface area contributed by atoms with Gasteiger partial charge in [-0.2, -0.15) is 0 Å². The van der Waals surface area contributed by atoms with Gasteiger partial charge in [0, 0.05) is 24.3 Å². The molecule has 1 aromatic heterocycles. The van der Waals surface area contributed by atoms with Crippen LogP contribution in [0.3, 0.4) is 0 Å². The van der Waals surface area contributed by atoms with Crippen molar-refractivity contribution >= 4 is 17.7 Å². The molecule has 2 aromatic carbocycles. The van der Waals surface area contributed by atoms with Crippen molar-refractivity contribution in [3.63, 3.8) is 0 Å². The van der Waals surface area contributed by atoms with E-state index >= 15 is 0 Å². The second kappa shape index (κ2) is 8.01. The van der Waals surface area contributed by atoms with Gasteiger partial charge in [0.25, 0.3) is 0 Å². The molecular formula is C22H23N3OS. The SMILES string of the molecule is Cc1ccc(-c2nc3n(c2CNC(=O)CCc2ccccc2)CCS3)cc1. The molecule has 0 aliphatic carbocycles. The van der Waals surface area contributed by atoms with Crippen LogP contribution in [0.2, 0.25) is 0 Å². The molecule has 3 aromatic rings. The summed E-state index contributed by atoms with van der Waals surface area (Å²) >= 11 is 1.78. The summed E-state index contributed by atoms with van der Waals surface area (Å²) in [6.45, 7) is 3.55. The summed E-state index contributed by atoms with van der Waals surface area (Å²) in [6, 6.07) is 18.6. The lowest BCUT2D eigenvalue weighted by atomic mass is 10.1. The molecule has 0 bridgehead atoms. The number of carbonyl (C=O) groups excluding carboxylic acids is 1. The first-order valence-corrected chi connectivity index (χ1v) is 10.3. The van der Waals surface area contributed by atoms with E-state index in [0.717, 1.165) is 40.8 Å². The summed E-state index contributed by atoms with van der Waals surface area (Å²) in [6.07, 6.45) is 1.26. The molecule has 0 radical (unpaired) electrons. The number of amides is 1. The minimum atomic E-state index is 0.0786. The van der Waals surface area contributed by atoms with Crippen molar-refractivity contribution in [3.8, 4) is 11.3 Å². The summed E-state index contributed by atoms with van der Waals surface area (Å²) in [7, 11) is 0. The van der Waals surface area contributed by atoms with Crippen LogP contribution in [0.5, 0.6) is 0 Å². The highest BCUT2D eigenvalue weighted by Crippen LogP contribution is 2.33. The number of hydrogen-bond donors (Lipinski definition) is 1. The van der Waals surface area contributed by atoms with Gasteiger partial charge in [0.05, 0.1) is 17.9 Å². The van der Waals surface area contributed by atoms with Crippen LogP contribution in [0.25, 0.3) is 11.3 Å². The Balaban J connectivity index is 1.46. The molecule has 138 valence electrons. The average molecular weight is 378 g/mol. The number of rotatable bonds is 6. The zero-order chi connectivity index (χ0) is 18.6. The summed E-state index contributed by atoms with van der Waals surface area (Å²) in [5, 5.41) is 4.15. The minimum Gasteiger partial charge on any atom is -0.350 e. The second-order valence-corrected chi connectivity index (χ2v) is 7.88. The minimum absolute atomic E-state index is 0.0786. The van der Waals surface area contributed by atoms with Crippen LogP contribution < -0.4 is 5.32 Å². The molecular weight excluding hydrogens is 354 g/mol. The summed E-state index contributed by atoms with van der Waals surface area (Å²) in [4.78, 5) is 17.2. The van der Waals surface area contributed by atoms with Gasteiger partial charge in [-0.3, -0.25) is 4.79 Å².